The Morgan fingerprint density at radius 3 is 2.92 bits per heavy atom. The first-order valence-electron chi connectivity index (χ1n) is 4.26. The number of rotatable bonds is 3. The van der Waals surface area contributed by atoms with E-state index in [1.807, 2.05) is 0 Å². The fraction of sp³-hybridized carbons (Fsp3) is 0.400. The van der Waals surface area contributed by atoms with E-state index in [4.69, 9.17) is 27.9 Å². The first-order chi connectivity index (χ1) is 6.27. The Hall–Kier alpha value is -0.400. The molecule has 0 unspecified atom stereocenters. The predicted molar refractivity (Wildman–Crippen MR) is 53.5 cm³/mol. The molecule has 3 heteroatoms. The van der Waals surface area contributed by atoms with Gasteiger partial charge in [-0.3, -0.25) is 0 Å². The molecule has 0 bridgehead atoms. The van der Waals surface area contributed by atoms with Crippen LogP contribution in [0.1, 0.15) is 12.8 Å². The smallest absolute Gasteiger partial charge is 0.139 e. The summed E-state index contributed by atoms with van der Waals surface area (Å²) in [6.45, 7) is 0.750. The van der Waals surface area contributed by atoms with Crippen LogP contribution < -0.4 is 4.74 Å². The molecule has 0 spiro atoms. The van der Waals surface area contributed by atoms with Crippen molar-refractivity contribution in [1.29, 1.82) is 0 Å². The number of ether oxygens (including phenoxy) is 1. The highest BCUT2D eigenvalue weighted by Gasteiger charge is 2.22. The van der Waals surface area contributed by atoms with Gasteiger partial charge in [0, 0.05) is 6.07 Å². The van der Waals surface area contributed by atoms with E-state index in [1.54, 1.807) is 12.1 Å². The first-order valence-corrected chi connectivity index (χ1v) is 5.01. The summed E-state index contributed by atoms with van der Waals surface area (Å²) in [6, 6.07) is 6.30. The summed E-state index contributed by atoms with van der Waals surface area (Å²) in [5.41, 5.74) is 0. The van der Waals surface area contributed by atoms with Gasteiger partial charge in [0.25, 0.3) is 0 Å². The van der Waals surface area contributed by atoms with Crippen LogP contribution in [-0.4, -0.2) is 6.61 Å². The van der Waals surface area contributed by atoms with Gasteiger partial charge in [-0.1, -0.05) is 23.2 Å². The molecule has 1 aliphatic rings. The Kier molecular flexibility index (Phi) is 2.66. The zero-order chi connectivity index (χ0) is 9.26. The Bertz CT molecular complexity index is 308. The van der Waals surface area contributed by atoms with Gasteiger partial charge in [-0.2, -0.15) is 0 Å². The van der Waals surface area contributed by atoms with Crippen molar-refractivity contribution in [3.8, 4) is 5.75 Å². The zero-order valence-electron chi connectivity index (χ0n) is 7.02. The molecular weight excluding hydrogens is 207 g/mol. The Morgan fingerprint density at radius 2 is 2.23 bits per heavy atom. The minimum atomic E-state index is 0.426. The third-order valence-corrected chi connectivity index (χ3v) is 2.80. The molecule has 0 aromatic heterocycles. The van der Waals surface area contributed by atoms with Gasteiger partial charge in [0.05, 0.1) is 11.6 Å². The highest BCUT2D eigenvalue weighted by molar-refractivity contribution is 6.42. The summed E-state index contributed by atoms with van der Waals surface area (Å²) in [6.07, 6.45) is 2.54. The van der Waals surface area contributed by atoms with Crippen molar-refractivity contribution in [2.75, 3.05) is 6.61 Å². The Balaban J connectivity index is 2.05. The lowest BCUT2D eigenvalue weighted by Gasteiger charge is -2.07. The van der Waals surface area contributed by atoms with Gasteiger partial charge in [-0.25, -0.2) is 0 Å². The minimum Gasteiger partial charge on any atom is -0.492 e. The monoisotopic (exact) mass is 215 g/mol. The summed E-state index contributed by atoms with van der Waals surface area (Å²) < 4.78 is 5.51. The molecule has 0 heterocycles. The molecule has 1 aromatic carbocycles. The summed E-state index contributed by atoms with van der Waals surface area (Å²) in [5.74, 6) is 1.39. The van der Waals surface area contributed by atoms with Crippen molar-refractivity contribution >= 4 is 23.2 Å². The topological polar surface area (TPSA) is 9.23 Å². The molecule has 0 saturated heterocycles. The lowest BCUT2D eigenvalue weighted by Crippen LogP contribution is -1.99. The van der Waals surface area contributed by atoms with E-state index in [0.717, 1.165) is 12.5 Å². The summed E-state index contributed by atoms with van der Waals surface area (Å²) in [4.78, 5) is 0. The largest absolute Gasteiger partial charge is 0.492 e. The molecule has 1 saturated carbocycles. The lowest BCUT2D eigenvalue weighted by atomic mass is 10.3. The van der Waals surface area contributed by atoms with Crippen LogP contribution >= 0.6 is 23.2 Å². The van der Waals surface area contributed by atoms with Crippen molar-refractivity contribution in [3.05, 3.63) is 28.2 Å². The van der Waals surface area contributed by atoms with E-state index in [-0.39, 0.29) is 0 Å². The second-order valence-corrected chi connectivity index (χ2v) is 3.98. The molecule has 13 heavy (non-hydrogen) atoms. The van der Waals surface area contributed by atoms with Crippen LogP contribution in [0.3, 0.4) is 0 Å². The van der Waals surface area contributed by atoms with Crippen LogP contribution in [-0.2, 0) is 0 Å². The zero-order valence-corrected chi connectivity index (χ0v) is 8.53. The standard InChI is InChI=1S/C10H9Cl2O/c11-8-2-1-3-9(10(8)12)13-6-7-4-5-7/h1,3,7H,4-6H2. The van der Waals surface area contributed by atoms with E-state index >= 15 is 0 Å². The maximum absolute atomic E-state index is 5.91. The van der Waals surface area contributed by atoms with Crippen molar-refractivity contribution < 1.29 is 4.74 Å². The van der Waals surface area contributed by atoms with Gasteiger partial charge in [0.15, 0.2) is 0 Å². The number of halogens is 2. The lowest BCUT2D eigenvalue weighted by molar-refractivity contribution is 0.300. The molecule has 0 atom stereocenters. The number of benzene rings is 1. The Morgan fingerprint density at radius 1 is 1.46 bits per heavy atom. The van der Waals surface area contributed by atoms with E-state index in [9.17, 15) is 0 Å². The molecule has 1 fully saturated rings. The molecule has 1 nitrogen and oxygen atoms in total. The molecule has 2 rings (SSSR count). The van der Waals surface area contributed by atoms with Gasteiger partial charge in [-0.15, -0.1) is 0 Å². The van der Waals surface area contributed by atoms with Crippen LogP contribution in [0, 0.1) is 12.0 Å². The molecule has 0 aliphatic heterocycles. The molecule has 69 valence electrons. The summed E-state index contributed by atoms with van der Waals surface area (Å²) in [7, 11) is 0. The molecule has 1 aliphatic carbocycles. The fourth-order valence-corrected chi connectivity index (χ4v) is 1.37. The van der Waals surface area contributed by atoms with E-state index in [0.29, 0.717) is 15.8 Å². The van der Waals surface area contributed by atoms with Crippen molar-refractivity contribution in [1.82, 2.24) is 0 Å². The highest BCUT2D eigenvalue weighted by atomic mass is 35.5. The van der Waals surface area contributed by atoms with Gasteiger partial charge < -0.3 is 4.74 Å². The predicted octanol–water partition coefficient (Wildman–Crippen LogP) is 3.58. The molecule has 0 amide bonds. The maximum atomic E-state index is 5.91. The van der Waals surface area contributed by atoms with Crippen molar-refractivity contribution in [2.45, 2.75) is 12.8 Å². The summed E-state index contributed by atoms with van der Waals surface area (Å²) in [5, 5.41) is 0.889. The summed E-state index contributed by atoms with van der Waals surface area (Å²) >= 11 is 11.7. The Labute approximate surface area is 87.6 Å². The van der Waals surface area contributed by atoms with Gasteiger partial charge in [0.1, 0.15) is 10.8 Å². The molecule has 1 radical (unpaired) electrons. The minimum absolute atomic E-state index is 0.426. The normalized spacial score (nSPS) is 15.8. The van der Waals surface area contributed by atoms with Crippen LogP contribution in [0.4, 0.5) is 0 Å². The van der Waals surface area contributed by atoms with Gasteiger partial charge >= 0.3 is 0 Å². The van der Waals surface area contributed by atoms with E-state index < -0.39 is 0 Å². The third kappa shape index (κ3) is 2.29. The third-order valence-electron chi connectivity index (χ3n) is 2.03. The fourth-order valence-electron chi connectivity index (χ4n) is 1.04. The van der Waals surface area contributed by atoms with Gasteiger partial charge in [0.2, 0.25) is 0 Å². The van der Waals surface area contributed by atoms with Crippen LogP contribution in [0.2, 0.25) is 10.0 Å². The van der Waals surface area contributed by atoms with Crippen molar-refractivity contribution in [2.24, 2.45) is 5.92 Å². The quantitative estimate of drug-likeness (QED) is 0.750. The molecule has 0 N–H and O–H groups in total. The SMILES string of the molecule is Clc1[c]ccc(OCC2CC2)c1Cl. The van der Waals surface area contributed by atoms with E-state index in [2.05, 4.69) is 6.07 Å². The average molecular weight is 216 g/mol. The molecular formula is C10H9Cl2O. The number of hydrogen-bond acceptors (Lipinski definition) is 1. The van der Waals surface area contributed by atoms with Crippen LogP contribution in [0.5, 0.6) is 5.75 Å². The van der Waals surface area contributed by atoms with Crippen LogP contribution in [0.25, 0.3) is 0 Å². The average Bonchev–Trinajstić information content (AvgIpc) is 2.91. The van der Waals surface area contributed by atoms with Crippen molar-refractivity contribution in [3.63, 3.8) is 0 Å². The maximum Gasteiger partial charge on any atom is 0.139 e. The number of hydrogen-bond donors (Lipinski definition) is 0. The second kappa shape index (κ2) is 3.77. The highest BCUT2D eigenvalue weighted by Crippen LogP contribution is 2.34. The first kappa shape index (κ1) is 9.17. The van der Waals surface area contributed by atoms with Crippen LogP contribution in [0.15, 0.2) is 12.1 Å². The second-order valence-electron chi connectivity index (χ2n) is 3.22. The van der Waals surface area contributed by atoms with E-state index in [1.165, 1.54) is 12.8 Å². The molecule has 1 aromatic rings. The van der Waals surface area contributed by atoms with Gasteiger partial charge in [-0.05, 0) is 30.9 Å².